The number of thiophene rings is 1. The van der Waals surface area contributed by atoms with E-state index in [9.17, 15) is 4.79 Å². The molecule has 6 heteroatoms. The van der Waals surface area contributed by atoms with Crippen molar-refractivity contribution in [3.63, 3.8) is 0 Å². The van der Waals surface area contributed by atoms with Gasteiger partial charge in [0, 0.05) is 11.1 Å². The highest BCUT2D eigenvalue weighted by Crippen LogP contribution is 2.45. The van der Waals surface area contributed by atoms with Gasteiger partial charge in [0.15, 0.2) is 0 Å². The van der Waals surface area contributed by atoms with Crippen molar-refractivity contribution in [1.29, 1.82) is 0 Å². The zero-order chi connectivity index (χ0) is 24.3. The van der Waals surface area contributed by atoms with E-state index in [-0.39, 0.29) is 11.3 Å². The van der Waals surface area contributed by atoms with Gasteiger partial charge < -0.3 is 14.8 Å². The summed E-state index contributed by atoms with van der Waals surface area (Å²) in [5.74, 6) is 1.88. The van der Waals surface area contributed by atoms with Crippen LogP contribution in [0, 0.1) is 11.3 Å². The molecule has 1 aromatic heterocycles. The quantitative estimate of drug-likeness (QED) is 0.393. The molecule has 34 heavy (non-hydrogen) atoms. The van der Waals surface area contributed by atoms with Gasteiger partial charge in [-0.1, -0.05) is 32.9 Å². The number of carbonyl (C=O) groups is 1. The number of para-hydroxylation sites is 2. The summed E-state index contributed by atoms with van der Waals surface area (Å²) >= 11 is 1.64. The molecule has 2 aromatic carbocycles. The van der Waals surface area contributed by atoms with Crippen LogP contribution >= 0.6 is 11.3 Å². The van der Waals surface area contributed by atoms with E-state index in [0.717, 1.165) is 41.1 Å². The summed E-state index contributed by atoms with van der Waals surface area (Å²) in [4.78, 5) is 19.6. The van der Waals surface area contributed by atoms with E-state index in [1.165, 1.54) is 4.88 Å². The number of hydrogen-bond acceptors (Lipinski definition) is 5. The highest BCUT2D eigenvalue weighted by Gasteiger charge is 2.33. The number of methoxy groups -OCH3 is 2. The van der Waals surface area contributed by atoms with Crippen LogP contribution in [0.2, 0.25) is 0 Å². The normalized spacial score (nSPS) is 15.7. The molecule has 1 amide bonds. The van der Waals surface area contributed by atoms with Crippen molar-refractivity contribution >= 4 is 34.1 Å². The van der Waals surface area contributed by atoms with Gasteiger partial charge in [-0.15, -0.1) is 11.3 Å². The third-order valence-electron chi connectivity index (χ3n) is 6.50. The number of rotatable bonds is 6. The van der Waals surface area contributed by atoms with Crippen LogP contribution in [0.4, 0.5) is 10.7 Å². The minimum atomic E-state index is -0.141. The molecule has 1 aliphatic rings. The third kappa shape index (κ3) is 5.17. The molecule has 0 unspecified atom stereocenters. The fourth-order valence-electron chi connectivity index (χ4n) is 4.39. The van der Waals surface area contributed by atoms with Crippen LogP contribution in [0.1, 0.15) is 53.6 Å². The molecule has 0 saturated heterocycles. The lowest BCUT2D eigenvalue weighted by atomic mass is 9.72. The summed E-state index contributed by atoms with van der Waals surface area (Å²) in [7, 11) is 3.26. The molecule has 1 heterocycles. The van der Waals surface area contributed by atoms with Crippen molar-refractivity contribution in [2.45, 2.75) is 40.0 Å². The summed E-state index contributed by atoms with van der Waals surface area (Å²) in [6.45, 7) is 6.90. The van der Waals surface area contributed by atoms with Gasteiger partial charge in [-0.3, -0.25) is 4.79 Å². The van der Waals surface area contributed by atoms with Gasteiger partial charge in [0.25, 0.3) is 5.91 Å². The Morgan fingerprint density at radius 1 is 1.09 bits per heavy atom. The number of fused-ring (bicyclic) bond motifs is 1. The van der Waals surface area contributed by atoms with E-state index in [4.69, 9.17) is 14.5 Å². The smallest absolute Gasteiger partial charge is 0.259 e. The van der Waals surface area contributed by atoms with Crippen LogP contribution in [0.15, 0.2) is 53.5 Å². The van der Waals surface area contributed by atoms with E-state index < -0.39 is 0 Å². The molecule has 5 nitrogen and oxygen atoms in total. The molecule has 0 radical (unpaired) electrons. The largest absolute Gasteiger partial charge is 0.497 e. The number of aliphatic imine (C=N–C) groups is 1. The van der Waals surface area contributed by atoms with Gasteiger partial charge in [0.1, 0.15) is 16.5 Å². The second kappa shape index (κ2) is 10.0. The maximum Gasteiger partial charge on any atom is 0.259 e. The van der Waals surface area contributed by atoms with Crippen LogP contribution < -0.4 is 14.8 Å². The summed E-state index contributed by atoms with van der Waals surface area (Å²) < 4.78 is 10.7. The molecule has 0 bridgehead atoms. The standard InChI is InChI=1S/C28H32N2O3S/c1-28(2,3)19-12-15-21-24(16-19)34-27(29-17-18-10-13-20(32-4)14-11-18)25(21)26(31)30-22-8-6-7-9-23(22)33-5/h6-11,13-14,17,19H,12,15-16H2,1-5H3,(H,30,31)/t19-/m0/s1. The van der Waals surface area contributed by atoms with E-state index in [1.807, 2.05) is 54.7 Å². The van der Waals surface area contributed by atoms with E-state index >= 15 is 0 Å². The van der Waals surface area contributed by atoms with Crippen molar-refractivity contribution in [3.8, 4) is 11.5 Å². The van der Waals surface area contributed by atoms with E-state index in [0.29, 0.717) is 22.9 Å². The highest BCUT2D eigenvalue weighted by atomic mass is 32.1. The van der Waals surface area contributed by atoms with Crippen LogP contribution in [0.25, 0.3) is 0 Å². The Hall–Kier alpha value is -3.12. The second-order valence-electron chi connectivity index (χ2n) is 9.68. The molecule has 0 saturated carbocycles. The number of nitrogens with one attached hydrogen (secondary N) is 1. The summed E-state index contributed by atoms with van der Waals surface area (Å²) in [5.41, 5.74) is 3.66. The average molecular weight is 477 g/mol. The Morgan fingerprint density at radius 2 is 1.82 bits per heavy atom. The van der Waals surface area contributed by atoms with Crippen LogP contribution in [0.5, 0.6) is 11.5 Å². The van der Waals surface area contributed by atoms with Gasteiger partial charge in [-0.2, -0.15) is 0 Å². The number of benzene rings is 2. The first-order valence-corrected chi connectivity index (χ1v) is 12.4. The molecule has 1 N–H and O–H groups in total. The first kappa shape index (κ1) is 24.0. The highest BCUT2D eigenvalue weighted by molar-refractivity contribution is 7.16. The Bertz CT molecular complexity index is 1190. The van der Waals surface area contributed by atoms with Crippen molar-refractivity contribution in [2.75, 3.05) is 19.5 Å². The fourth-order valence-corrected chi connectivity index (χ4v) is 5.66. The SMILES string of the molecule is COc1ccc(C=Nc2sc3c(c2C(=O)Nc2ccccc2OC)CC[C@H](C(C)(C)C)C3)cc1. The maximum atomic E-state index is 13.6. The molecule has 0 spiro atoms. The minimum Gasteiger partial charge on any atom is -0.497 e. The van der Waals surface area contributed by atoms with Crippen LogP contribution in [-0.4, -0.2) is 26.3 Å². The third-order valence-corrected chi connectivity index (χ3v) is 7.66. The van der Waals surface area contributed by atoms with Gasteiger partial charge >= 0.3 is 0 Å². The number of nitrogens with zero attached hydrogens (tertiary/aromatic N) is 1. The van der Waals surface area contributed by atoms with Gasteiger partial charge in [0.05, 0.1) is 25.5 Å². The molecular weight excluding hydrogens is 444 g/mol. The number of amides is 1. The molecule has 4 rings (SSSR count). The molecular formula is C28H32N2O3S. The lowest BCUT2D eigenvalue weighted by Gasteiger charge is -2.33. The predicted molar refractivity (Wildman–Crippen MR) is 140 cm³/mol. The van der Waals surface area contributed by atoms with Gasteiger partial charge in [-0.05, 0) is 78.1 Å². The second-order valence-corrected chi connectivity index (χ2v) is 10.8. The van der Waals surface area contributed by atoms with Crippen molar-refractivity contribution < 1.29 is 14.3 Å². The molecule has 1 atom stereocenters. The number of anilines is 1. The van der Waals surface area contributed by atoms with Crippen molar-refractivity contribution in [1.82, 2.24) is 0 Å². The van der Waals surface area contributed by atoms with Crippen LogP contribution in [0.3, 0.4) is 0 Å². The van der Waals surface area contributed by atoms with E-state index in [1.54, 1.807) is 25.6 Å². The molecule has 3 aromatic rings. The molecule has 0 fully saturated rings. The minimum absolute atomic E-state index is 0.141. The first-order chi connectivity index (χ1) is 16.3. The van der Waals surface area contributed by atoms with Gasteiger partial charge in [0.2, 0.25) is 0 Å². The topological polar surface area (TPSA) is 59.9 Å². The lowest BCUT2D eigenvalue weighted by Crippen LogP contribution is -2.27. The van der Waals surface area contributed by atoms with E-state index in [2.05, 4.69) is 26.1 Å². The summed E-state index contributed by atoms with van der Waals surface area (Å²) in [6.07, 6.45) is 4.76. The summed E-state index contributed by atoms with van der Waals surface area (Å²) in [6, 6.07) is 15.2. The van der Waals surface area contributed by atoms with Gasteiger partial charge in [-0.25, -0.2) is 4.99 Å². The number of ether oxygens (including phenoxy) is 2. The average Bonchev–Trinajstić information content (AvgIpc) is 3.20. The zero-order valence-electron chi connectivity index (χ0n) is 20.5. The maximum absolute atomic E-state index is 13.6. The predicted octanol–water partition coefficient (Wildman–Crippen LogP) is 6.92. The number of hydrogen-bond donors (Lipinski definition) is 1. The van der Waals surface area contributed by atoms with Crippen molar-refractivity contribution in [3.05, 3.63) is 70.1 Å². The molecule has 0 aliphatic heterocycles. The van der Waals surface area contributed by atoms with Crippen molar-refractivity contribution in [2.24, 2.45) is 16.3 Å². The number of carbonyl (C=O) groups excluding carboxylic acids is 1. The Kier molecular flexibility index (Phi) is 7.08. The Labute approximate surface area is 205 Å². The fraction of sp³-hybridized carbons (Fsp3) is 0.357. The Balaban J connectivity index is 1.70. The summed E-state index contributed by atoms with van der Waals surface area (Å²) in [5, 5.41) is 3.81. The lowest BCUT2D eigenvalue weighted by molar-refractivity contribution is 0.102. The Morgan fingerprint density at radius 3 is 2.50 bits per heavy atom. The molecule has 1 aliphatic carbocycles. The zero-order valence-corrected chi connectivity index (χ0v) is 21.3. The molecule has 178 valence electrons. The van der Waals surface area contributed by atoms with Crippen LogP contribution in [-0.2, 0) is 12.8 Å². The first-order valence-electron chi connectivity index (χ1n) is 11.6. The monoisotopic (exact) mass is 476 g/mol.